The highest BCUT2D eigenvalue weighted by atomic mass is 16.5. The van der Waals surface area contributed by atoms with Gasteiger partial charge in [-0.15, -0.1) is 0 Å². The van der Waals surface area contributed by atoms with Gasteiger partial charge in [-0.25, -0.2) is 5.48 Å². The molecule has 0 saturated heterocycles. The molecule has 34 heavy (non-hydrogen) atoms. The normalized spacial score (nSPS) is 13.7. The highest BCUT2D eigenvalue weighted by molar-refractivity contribution is 5.93. The van der Waals surface area contributed by atoms with Gasteiger partial charge in [-0.1, -0.05) is 56.3 Å². The van der Waals surface area contributed by atoms with Gasteiger partial charge < -0.3 is 21.5 Å². The number of amides is 4. The Kier molecular flexibility index (Phi) is 9.96. The number of hydroxylamine groups is 1. The molecule has 0 saturated carbocycles. The average molecular weight is 473 g/mol. The molecule has 0 heterocycles. The van der Waals surface area contributed by atoms with Gasteiger partial charge in [0.1, 0.15) is 12.1 Å². The lowest BCUT2D eigenvalue weighted by atomic mass is 9.92. The number of carbonyl (C=O) groups excluding carboxylic acids is 4. The Labute approximate surface area is 197 Å². The van der Waals surface area contributed by atoms with Crippen molar-refractivity contribution in [1.29, 1.82) is 0 Å². The van der Waals surface area contributed by atoms with Crippen molar-refractivity contribution < 1.29 is 29.5 Å². The number of rotatable bonds is 12. The van der Waals surface area contributed by atoms with E-state index in [0.29, 0.717) is 6.42 Å². The zero-order valence-corrected chi connectivity index (χ0v) is 19.3. The van der Waals surface area contributed by atoms with Crippen molar-refractivity contribution in [3.05, 3.63) is 48.0 Å². The van der Waals surface area contributed by atoms with Crippen molar-refractivity contribution in [2.24, 2.45) is 17.6 Å². The summed E-state index contributed by atoms with van der Waals surface area (Å²) in [6.45, 7) is 3.08. The number of carbonyl (C=O) groups is 4. The summed E-state index contributed by atoms with van der Waals surface area (Å²) in [5, 5.41) is 25.2. The molecule has 10 heteroatoms. The second-order valence-corrected chi connectivity index (χ2v) is 8.66. The molecule has 2 aromatic carbocycles. The van der Waals surface area contributed by atoms with Crippen LogP contribution in [0.4, 0.5) is 0 Å². The van der Waals surface area contributed by atoms with Crippen molar-refractivity contribution >= 4 is 34.4 Å². The topological polar surface area (TPSA) is 171 Å². The van der Waals surface area contributed by atoms with Crippen LogP contribution in [0.3, 0.4) is 0 Å². The number of aliphatic hydroxyl groups excluding tert-OH is 1. The molecule has 0 aliphatic carbocycles. The first-order valence-electron chi connectivity index (χ1n) is 11.1. The third-order valence-electron chi connectivity index (χ3n) is 5.41. The molecule has 0 aromatic heterocycles. The van der Waals surface area contributed by atoms with E-state index in [2.05, 4.69) is 10.6 Å². The summed E-state index contributed by atoms with van der Waals surface area (Å²) in [5.74, 6) is -3.59. The molecular formula is C24H32N4O6. The van der Waals surface area contributed by atoms with Gasteiger partial charge >= 0.3 is 0 Å². The lowest BCUT2D eigenvalue weighted by Crippen LogP contribution is -2.55. The Morgan fingerprint density at radius 3 is 2.18 bits per heavy atom. The third-order valence-corrected chi connectivity index (χ3v) is 5.41. The SMILES string of the molecule is CC(C)CC(CC(=O)NO)C(=O)N[C@@H](Cc1ccc2ccccc2c1)C(=O)N[C@@H](CO)C(N)=O. The number of benzene rings is 2. The quantitative estimate of drug-likeness (QED) is 0.193. The first-order chi connectivity index (χ1) is 16.1. The number of hydrogen-bond donors (Lipinski definition) is 6. The van der Waals surface area contributed by atoms with Crippen LogP contribution in [0, 0.1) is 11.8 Å². The zero-order valence-electron chi connectivity index (χ0n) is 19.3. The maximum absolute atomic E-state index is 13.0. The molecule has 1 unspecified atom stereocenters. The van der Waals surface area contributed by atoms with Gasteiger partial charge in [0.2, 0.25) is 23.6 Å². The minimum atomic E-state index is -1.31. The molecule has 10 nitrogen and oxygen atoms in total. The minimum Gasteiger partial charge on any atom is -0.394 e. The van der Waals surface area contributed by atoms with E-state index in [1.165, 1.54) is 5.48 Å². The second kappa shape index (κ2) is 12.7. The maximum atomic E-state index is 13.0. The van der Waals surface area contributed by atoms with Crippen LogP contribution in [-0.4, -0.2) is 52.6 Å². The van der Waals surface area contributed by atoms with E-state index in [1.807, 2.05) is 56.3 Å². The second-order valence-electron chi connectivity index (χ2n) is 8.66. The Hall–Kier alpha value is -3.50. The van der Waals surface area contributed by atoms with Crippen LogP contribution in [0.1, 0.15) is 32.3 Å². The van der Waals surface area contributed by atoms with E-state index >= 15 is 0 Å². The molecule has 7 N–H and O–H groups in total. The van der Waals surface area contributed by atoms with E-state index in [4.69, 9.17) is 10.9 Å². The molecule has 0 fully saturated rings. The molecule has 2 aromatic rings. The van der Waals surface area contributed by atoms with Gasteiger partial charge in [0, 0.05) is 18.8 Å². The van der Waals surface area contributed by atoms with Crippen molar-refractivity contribution in [3.8, 4) is 0 Å². The number of fused-ring (bicyclic) bond motifs is 1. The smallest absolute Gasteiger partial charge is 0.244 e. The first-order valence-corrected chi connectivity index (χ1v) is 11.1. The van der Waals surface area contributed by atoms with Gasteiger partial charge in [-0.3, -0.25) is 24.4 Å². The van der Waals surface area contributed by atoms with Crippen molar-refractivity contribution in [2.75, 3.05) is 6.61 Å². The number of aliphatic hydroxyl groups is 1. The standard InChI is InChI=1S/C24H32N4O6/c1-14(2)9-18(12-21(30)28-34)23(32)26-19(24(33)27-20(13-29)22(25)31)11-15-7-8-16-5-3-4-6-17(16)10-15/h3-8,10,14,18-20,29,34H,9,11-13H2,1-2H3,(H2,25,31)(H,26,32)(H,27,33)(H,28,30)/t18?,19-,20-/m0/s1. The molecule has 0 aliphatic rings. The molecule has 3 atom stereocenters. The Morgan fingerprint density at radius 1 is 0.941 bits per heavy atom. The fraction of sp³-hybridized carbons (Fsp3) is 0.417. The van der Waals surface area contributed by atoms with E-state index in [-0.39, 0.29) is 18.8 Å². The lowest BCUT2D eigenvalue weighted by Gasteiger charge is -2.24. The van der Waals surface area contributed by atoms with Crippen molar-refractivity contribution in [1.82, 2.24) is 16.1 Å². The Morgan fingerprint density at radius 2 is 1.59 bits per heavy atom. The van der Waals surface area contributed by atoms with Gasteiger partial charge in [-0.05, 0) is 28.7 Å². The van der Waals surface area contributed by atoms with Crippen LogP contribution >= 0.6 is 0 Å². The Balaban J connectivity index is 2.30. The highest BCUT2D eigenvalue weighted by Crippen LogP contribution is 2.19. The molecular weight excluding hydrogens is 440 g/mol. The monoisotopic (exact) mass is 472 g/mol. The summed E-state index contributed by atoms with van der Waals surface area (Å²) in [6.07, 6.45) is 0.190. The molecule has 4 amide bonds. The van der Waals surface area contributed by atoms with E-state index in [9.17, 15) is 24.3 Å². The van der Waals surface area contributed by atoms with Gasteiger partial charge in [0.25, 0.3) is 0 Å². The van der Waals surface area contributed by atoms with Crippen LogP contribution in [0.5, 0.6) is 0 Å². The largest absolute Gasteiger partial charge is 0.394 e. The average Bonchev–Trinajstić information content (AvgIpc) is 2.80. The predicted molar refractivity (Wildman–Crippen MR) is 125 cm³/mol. The number of primary amides is 1. The third kappa shape index (κ3) is 7.82. The highest BCUT2D eigenvalue weighted by Gasteiger charge is 2.30. The fourth-order valence-electron chi connectivity index (χ4n) is 3.70. The van der Waals surface area contributed by atoms with Crippen molar-refractivity contribution in [2.45, 2.75) is 45.2 Å². The summed E-state index contributed by atoms with van der Waals surface area (Å²) < 4.78 is 0. The van der Waals surface area contributed by atoms with Crippen LogP contribution in [-0.2, 0) is 25.6 Å². The molecule has 2 rings (SSSR count). The number of nitrogens with two attached hydrogens (primary N) is 1. The summed E-state index contributed by atoms with van der Waals surface area (Å²) in [6, 6.07) is 10.9. The fourth-order valence-corrected chi connectivity index (χ4v) is 3.70. The number of nitrogens with one attached hydrogen (secondary N) is 3. The summed E-state index contributed by atoms with van der Waals surface area (Å²) >= 11 is 0. The van der Waals surface area contributed by atoms with Crippen LogP contribution in [0.15, 0.2) is 42.5 Å². The van der Waals surface area contributed by atoms with E-state index < -0.39 is 48.2 Å². The summed E-state index contributed by atoms with van der Waals surface area (Å²) in [5.41, 5.74) is 7.50. The summed E-state index contributed by atoms with van der Waals surface area (Å²) in [7, 11) is 0. The lowest BCUT2D eigenvalue weighted by molar-refractivity contribution is -0.137. The van der Waals surface area contributed by atoms with Crippen LogP contribution < -0.4 is 21.8 Å². The van der Waals surface area contributed by atoms with Crippen LogP contribution in [0.2, 0.25) is 0 Å². The van der Waals surface area contributed by atoms with Crippen LogP contribution in [0.25, 0.3) is 10.8 Å². The predicted octanol–water partition coefficient (Wildman–Crippen LogP) is 0.387. The summed E-state index contributed by atoms with van der Waals surface area (Å²) in [4.78, 5) is 49.2. The molecule has 0 aliphatic heterocycles. The Bertz CT molecular complexity index is 1030. The van der Waals surface area contributed by atoms with E-state index in [1.54, 1.807) is 0 Å². The van der Waals surface area contributed by atoms with Crippen molar-refractivity contribution in [3.63, 3.8) is 0 Å². The first kappa shape index (κ1) is 26.7. The molecule has 0 bridgehead atoms. The molecule has 0 radical (unpaired) electrons. The minimum absolute atomic E-state index is 0.0728. The maximum Gasteiger partial charge on any atom is 0.244 e. The number of hydrogen-bond acceptors (Lipinski definition) is 6. The molecule has 0 spiro atoms. The van der Waals surface area contributed by atoms with Gasteiger partial charge in [0.05, 0.1) is 6.61 Å². The zero-order chi connectivity index (χ0) is 25.3. The van der Waals surface area contributed by atoms with Gasteiger partial charge in [-0.2, -0.15) is 0 Å². The molecule has 184 valence electrons. The van der Waals surface area contributed by atoms with E-state index in [0.717, 1.165) is 16.3 Å². The van der Waals surface area contributed by atoms with Gasteiger partial charge in [0.15, 0.2) is 0 Å².